The van der Waals surface area contributed by atoms with Crippen molar-refractivity contribution in [3.05, 3.63) is 22.3 Å². The van der Waals surface area contributed by atoms with Crippen LogP contribution in [-0.2, 0) is 12.8 Å². The molecule has 0 amide bonds. The van der Waals surface area contributed by atoms with E-state index in [-0.39, 0.29) is 0 Å². The smallest absolute Gasteiger partial charge is 0.142 e. The summed E-state index contributed by atoms with van der Waals surface area (Å²) >= 11 is 6.56. The number of nitrogen functional groups attached to an aromatic ring is 1. The number of nitrogens with two attached hydrogens (primary N) is 1. The van der Waals surface area contributed by atoms with Crippen LogP contribution in [0.4, 0.5) is 5.82 Å². The molecule has 0 bridgehead atoms. The van der Waals surface area contributed by atoms with E-state index in [2.05, 4.69) is 10.2 Å². The van der Waals surface area contributed by atoms with Gasteiger partial charge in [0.05, 0.1) is 24.4 Å². The SMILES string of the molecule is Nc1[nH]ncc1-c1c2c(c(Cl)c3c1OCCC3)OCCC2. The molecule has 6 heteroatoms. The fraction of sp³-hybridized carbons (Fsp3) is 0.400. The standard InChI is InChI=1S/C15H16ClN3O2/c16-12-9-4-2-5-20-13(9)11(10-7-18-19-15(10)17)8-3-1-6-21-14(8)12/h7H,1-6H2,(H3,17,18,19). The Morgan fingerprint density at radius 3 is 2.52 bits per heavy atom. The Bertz CT molecular complexity index is 674. The molecule has 1 aromatic heterocycles. The van der Waals surface area contributed by atoms with Gasteiger partial charge in [-0.2, -0.15) is 5.10 Å². The molecule has 2 aliphatic rings. The molecule has 2 aliphatic heterocycles. The molecule has 0 aliphatic carbocycles. The molecule has 3 heterocycles. The van der Waals surface area contributed by atoms with Gasteiger partial charge in [-0.25, -0.2) is 0 Å². The Hall–Kier alpha value is -1.88. The number of aromatic amines is 1. The number of hydrogen-bond acceptors (Lipinski definition) is 4. The van der Waals surface area contributed by atoms with Gasteiger partial charge < -0.3 is 15.2 Å². The molecule has 110 valence electrons. The Morgan fingerprint density at radius 1 is 1.10 bits per heavy atom. The minimum atomic E-state index is 0.543. The molecule has 21 heavy (non-hydrogen) atoms. The largest absolute Gasteiger partial charge is 0.493 e. The van der Waals surface area contributed by atoms with E-state index in [0.29, 0.717) is 24.1 Å². The summed E-state index contributed by atoms with van der Waals surface area (Å²) in [5.74, 6) is 2.19. The lowest BCUT2D eigenvalue weighted by Gasteiger charge is -2.28. The maximum atomic E-state index is 6.56. The molecule has 4 rings (SSSR count). The van der Waals surface area contributed by atoms with Gasteiger partial charge in [-0.15, -0.1) is 0 Å². The van der Waals surface area contributed by atoms with Gasteiger partial charge in [0, 0.05) is 22.3 Å². The quantitative estimate of drug-likeness (QED) is 0.849. The zero-order valence-corrected chi connectivity index (χ0v) is 12.3. The van der Waals surface area contributed by atoms with Gasteiger partial charge in [0.2, 0.25) is 0 Å². The summed E-state index contributed by atoms with van der Waals surface area (Å²) in [5.41, 5.74) is 10.0. The highest BCUT2D eigenvalue weighted by Gasteiger charge is 2.30. The van der Waals surface area contributed by atoms with E-state index in [1.54, 1.807) is 6.20 Å². The summed E-state index contributed by atoms with van der Waals surface area (Å²) in [7, 11) is 0. The van der Waals surface area contributed by atoms with Crippen LogP contribution in [0.15, 0.2) is 6.20 Å². The molecule has 0 spiro atoms. The number of H-pyrrole nitrogens is 1. The molecule has 2 aromatic rings. The van der Waals surface area contributed by atoms with Crippen molar-refractivity contribution in [2.24, 2.45) is 0 Å². The topological polar surface area (TPSA) is 73.2 Å². The van der Waals surface area contributed by atoms with Gasteiger partial charge >= 0.3 is 0 Å². The number of nitrogens with one attached hydrogen (secondary N) is 1. The zero-order chi connectivity index (χ0) is 14.4. The third-order valence-electron chi connectivity index (χ3n) is 4.11. The number of nitrogens with zero attached hydrogens (tertiary/aromatic N) is 1. The second kappa shape index (κ2) is 4.84. The van der Waals surface area contributed by atoms with Crippen LogP contribution < -0.4 is 15.2 Å². The van der Waals surface area contributed by atoms with Crippen molar-refractivity contribution in [3.8, 4) is 22.6 Å². The first kappa shape index (κ1) is 12.8. The summed E-state index contributed by atoms with van der Waals surface area (Å²) in [4.78, 5) is 0. The molecule has 0 atom stereocenters. The van der Waals surface area contributed by atoms with Gasteiger partial charge in [0.15, 0.2) is 0 Å². The lowest BCUT2D eigenvalue weighted by molar-refractivity contribution is 0.274. The van der Waals surface area contributed by atoms with Crippen LogP contribution in [-0.4, -0.2) is 23.4 Å². The lowest BCUT2D eigenvalue weighted by Crippen LogP contribution is -2.16. The number of benzene rings is 1. The number of halogens is 1. The average Bonchev–Trinajstić information content (AvgIpc) is 2.94. The first-order valence-electron chi connectivity index (χ1n) is 7.19. The van der Waals surface area contributed by atoms with Crippen LogP contribution in [0.3, 0.4) is 0 Å². The monoisotopic (exact) mass is 305 g/mol. The second-order valence-corrected chi connectivity index (χ2v) is 5.78. The Kier molecular flexibility index (Phi) is 2.96. The van der Waals surface area contributed by atoms with Crippen molar-refractivity contribution in [1.29, 1.82) is 0 Å². The second-order valence-electron chi connectivity index (χ2n) is 5.41. The molecule has 1 aromatic carbocycles. The number of rotatable bonds is 1. The molecular formula is C15H16ClN3O2. The van der Waals surface area contributed by atoms with Crippen LogP contribution in [0.1, 0.15) is 24.0 Å². The highest BCUT2D eigenvalue weighted by atomic mass is 35.5. The molecule has 0 fully saturated rings. The van der Waals surface area contributed by atoms with Crippen molar-refractivity contribution in [1.82, 2.24) is 10.2 Å². The summed E-state index contributed by atoms with van der Waals surface area (Å²) in [6.07, 6.45) is 5.48. The first-order valence-corrected chi connectivity index (χ1v) is 7.57. The van der Waals surface area contributed by atoms with Gasteiger partial charge in [-0.1, -0.05) is 11.6 Å². The van der Waals surface area contributed by atoms with E-state index < -0.39 is 0 Å². The molecule has 0 saturated heterocycles. The minimum Gasteiger partial charge on any atom is -0.493 e. The van der Waals surface area contributed by atoms with E-state index in [1.165, 1.54) is 0 Å². The van der Waals surface area contributed by atoms with Crippen molar-refractivity contribution in [2.45, 2.75) is 25.7 Å². The number of anilines is 1. The molecule has 0 radical (unpaired) electrons. The van der Waals surface area contributed by atoms with Crippen molar-refractivity contribution in [3.63, 3.8) is 0 Å². The van der Waals surface area contributed by atoms with Gasteiger partial charge in [0.1, 0.15) is 17.3 Å². The maximum Gasteiger partial charge on any atom is 0.142 e. The first-order chi connectivity index (χ1) is 10.3. The number of fused-ring (bicyclic) bond motifs is 2. The van der Waals surface area contributed by atoms with Crippen LogP contribution in [0.5, 0.6) is 11.5 Å². The maximum absolute atomic E-state index is 6.56. The molecule has 3 N–H and O–H groups in total. The van der Waals surface area contributed by atoms with Crippen LogP contribution >= 0.6 is 11.6 Å². The fourth-order valence-corrected chi connectivity index (χ4v) is 3.52. The number of aromatic nitrogens is 2. The summed E-state index contributed by atoms with van der Waals surface area (Å²) in [6.45, 7) is 1.40. The summed E-state index contributed by atoms with van der Waals surface area (Å²) in [5, 5.41) is 7.53. The summed E-state index contributed by atoms with van der Waals surface area (Å²) in [6, 6.07) is 0. The highest BCUT2D eigenvalue weighted by molar-refractivity contribution is 6.33. The van der Waals surface area contributed by atoms with Crippen molar-refractivity contribution >= 4 is 17.4 Å². The van der Waals surface area contributed by atoms with E-state index in [0.717, 1.165) is 59.4 Å². The molecule has 0 saturated carbocycles. The minimum absolute atomic E-state index is 0.543. The summed E-state index contributed by atoms with van der Waals surface area (Å²) < 4.78 is 11.8. The van der Waals surface area contributed by atoms with Crippen LogP contribution in [0, 0.1) is 0 Å². The van der Waals surface area contributed by atoms with E-state index in [9.17, 15) is 0 Å². The van der Waals surface area contributed by atoms with Crippen molar-refractivity contribution in [2.75, 3.05) is 18.9 Å². The predicted molar refractivity (Wildman–Crippen MR) is 81.1 cm³/mol. The normalized spacial score (nSPS) is 16.6. The molecule has 0 unspecified atom stereocenters. The Labute approximate surface area is 127 Å². The van der Waals surface area contributed by atoms with E-state index in [1.807, 2.05) is 0 Å². The Morgan fingerprint density at radius 2 is 1.81 bits per heavy atom. The average molecular weight is 306 g/mol. The number of hydrogen-bond donors (Lipinski definition) is 2. The predicted octanol–water partition coefficient (Wildman–Crippen LogP) is 2.96. The van der Waals surface area contributed by atoms with Gasteiger partial charge in [-0.05, 0) is 25.7 Å². The number of ether oxygens (including phenoxy) is 2. The van der Waals surface area contributed by atoms with Crippen LogP contribution in [0.25, 0.3) is 11.1 Å². The third kappa shape index (κ3) is 1.87. The highest BCUT2D eigenvalue weighted by Crippen LogP contribution is 2.50. The molecule has 5 nitrogen and oxygen atoms in total. The third-order valence-corrected chi connectivity index (χ3v) is 4.51. The van der Waals surface area contributed by atoms with Crippen molar-refractivity contribution < 1.29 is 9.47 Å². The lowest BCUT2D eigenvalue weighted by atomic mass is 9.90. The fourth-order valence-electron chi connectivity index (χ4n) is 3.17. The van der Waals surface area contributed by atoms with E-state index in [4.69, 9.17) is 26.8 Å². The molecular weight excluding hydrogens is 290 g/mol. The van der Waals surface area contributed by atoms with Gasteiger partial charge in [0.25, 0.3) is 0 Å². The van der Waals surface area contributed by atoms with Gasteiger partial charge in [-0.3, -0.25) is 5.10 Å². The van der Waals surface area contributed by atoms with Crippen LogP contribution in [0.2, 0.25) is 5.02 Å². The zero-order valence-electron chi connectivity index (χ0n) is 11.5. The Balaban J connectivity index is 2.06. The van der Waals surface area contributed by atoms with E-state index >= 15 is 0 Å².